The largest absolute Gasteiger partial charge is 0.309 e. The molecule has 0 aliphatic carbocycles. The molecule has 0 saturated carbocycles. The van der Waals surface area contributed by atoms with Gasteiger partial charge >= 0.3 is 0 Å². The summed E-state index contributed by atoms with van der Waals surface area (Å²) in [4.78, 5) is 0. The van der Waals surface area contributed by atoms with E-state index in [9.17, 15) is 0 Å². The Kier molecular flexibility index (Phi) is 4.18. The molecule has 2 heteroatoms. The summed E-state index contributed by atoms with van der Waals surface area (Å²) in [7, 11) is 2.01. The van der Waals surface area contributed by atoms with E-state index in [1.807, 2.05) is 7.05 Å². The Morgan fingerprint density at radius 2 is 1.53 bits per heavy atom. The lowest BCUT2D eigenvalue weighted by Gasteiger charge is -2.20. The van der Waals surface area contributed by atoms with Crippen molar-refractivity contribution < 1.29 is 0 Å². The second-order valence-electron chi connectivity index (χ2n) is 4.10. The first-order chi connectivity index (χ1) is 8.24. The molecule has 0 heterocycles. The summed E-state index contributed by atoms with van der Waals surface area (Å²) in [6.07, 6.45) is 0. The van der Waals surface area contributed by atoms with Gasteiger partial charge < -0.3 is 5.32 Å². The minimum Gasteiger partial charge on any atom is -0.309 e. The predicted molar refractivity (Wildman–Crippen MR) is 81.2 cm³/mol. The second kappa shape index (κ2) is 5.65. The van der Waals surface area contributed by atoms with Crippen molar-refractivity contribution in [3.8, 4) is 0 Å². The standard InChI is InChI=1S/C15H16IN/c1-11-7-3-4-8-12(11)15(17-2)13-9-5-6-10-14(13)16/h3-10,15,17H,1-2H3. The Labute approximate surface area is 116 Å². The summed E-state index contributed by atoms with van der Waals surface area (Å²) in [6.45, 7) is 2.16. The van der Waals surface area contributed by atoms with Gasteiger partial charge in [0.15, 0.2) is 0 Å². The minimum atomic E-state index is 0.268. The van der Waals surface area contributed by atoms with E-state index in [-0.39, 0.29) is 6.04 Å². The molecule has 1 unspecified atom stereocenters. The van der Waals surface area contributed by atoms with Crippen LogP contribution in [0.5, 0.6) is 0 Å². The molecule has 0 fully saturated rings. The van der Waals surface area contributed by atoms with Crippen LogP contribution in [-0.4, -0.2) is 7.05 Å². The molecule has 2 aromatic carbocycles. The molecule has 1 atom stereocenters. The fourth-order valence-corrected chi connectivity index (χ4v) is 2.80. The topological polar surface area (TPSA) is 12.0 Å². The third-order valence-corrected chi connectivity index (χ3v) is 3.99. The van der Waals surface area contributed by atoms with E-state index in [0.29, 0.717) is 0 Å². The molecule has 0 radical (unpaired) electrons. The fraction of sp³-hybridized carbons (Fsp3) is 0.200. The predicted octanol–water partition coefficient (Wildman–Crippen LogP) is 3.91. The van der Waals surface area contributed by atoms with Gasteiger partial charge in [-0.15, -0.1) is 0 Å². The zero-order valence-electron chi connectivity index (χ0n) is 10.1. The number of aryl methyl sites for hydroxylation is 1. The van der Waals surface area contributed by atoms with Crippen molar-refractivity contribution in [1.82, 2.24) is 5.32 Å². The molecule has 0 aliphatic rings. The molecule has 0 saturated heterocycles. The quantitative estimate of drug-likeness (QED) is 0.838. The molecular weight excluding hydrogens is 321 g/mol. The normalized spacial score (nSPS) is 12.4. The van der Waals surface area contributed by atoms with E-state index < -0.39 is 0 Å². The highest BCUT2D eigenvalue weighted by Crippen LogP contribution is 2.27. The lowest BCUT2D eigenvalue weighted by atomic mass is 9.95. The van der Waals surface area contributed by atoms with Crippen molar-refractivity contribution in [2.45, 2.75) is 13.0 Å². The molecule has 88 valence electrons. The van der Waals surface area contributed by atoms with Gasteiger partial charge in [0.25, 0.3) is 0 Å². The summed E-state index contributed by atoms with van der Waals surface area (Å²) < 4.78 is 1.30. The monoisotopic (exact) mass is 337 g/mol. The summed E-state index contributed by atoms with van der Waals surface area (Å²) in [5, 5.41) is 3.41. The van der Waals surface area contributed by atoms with Gasteiger partial charge in [-0.3, -0.25) is 0 Å². The van der Waals surface area contributed by atoms with Gasteiger partial charge in [-0.25, -0.2) is 0 Å². The zero-order valence-corrected chi connectivity index (χ0v) is 12.2. The van der Waals surface area contributed by atoms with Crippen LogP contribution >= 0.6 is 22.6 Å². The number of rotatable bonds is 3. The maximum Gasteiger partial charge on any atom is 0.0587 e. The molecule has 0 aromatic heterocycles. The first-order valence-corrected chi connectivity index (χ1v) is 6.79. The molecule has 0 spiro atoms. The van der Waals surface area contributed by atoms with Gasteiger partial charge in [-0.05, 0) is 59.3 Å². The van der Waals surface area contributed by atoms with E-state index in [4.69, 9.17) is 0 Å². The van der Waals surface area contributed by atoms with E-state index in [2.05, 4.69) is 83.4 Å². The molecule has 0 bridgehead atoms. The van der Waals surface area contributed by atoms with Gasteiger partial charge in [-0.1, -0.05) is 42.5 Å². The Morgan fingerprint density at radius 1 is 0.941 bits per heavy atom. The molecule has 2 aromatic rings. The van der Waals surface area contributed by atoms with Crippen LogP contribution in [0.3, 0.4) is 0 Å². The molecule has 0 aliphatic heterocycles. The Bertz CT molecular complexity index is 462. The highest BCUT2D eigenvalue weighted by molar-refractivity contribution is 14.1. The maximum absolute atomic E-state index is 3.41. The lowest BCUT2D eigenvalue weighted by molar-refractivity contribution is 0.684. The fourth-order valence-electron chi connectivity index (χ4n) is 2.10. The van der Waals surface area contributed by atoms with Gasteiger partial charge in [0.2, 0.25) is 0 Å². The van der Waals surface area contributed by atoms with Gasteiger partial charge in [-0.2, -0.15) is 0 Å². The Balaban J connectivity index is 2.48. The van der Waals surface area contributed by atoms with Gasteiger partial charge in [0.1, 0.15) is 0 Å². The Hall–Kier alpha value is -0.870. The molecule has 17 heavy (non-hydrogen) atoms. The molecule has 2 rings (SSSR count). The van der Waals surface area contributed by atoms with Crippen molar-refractivity contribution in [3.05, 3.63) is 68.8 Å². The number of hydrogen-bond acceptors (Lipinski definition) is 1. The average Bonchev–Trinajstić information content (AvgIpc) is 2.34. The van der Waals surface area contributed by atoms with E-state index in [1.165, 1.54) is 20.3 Å². The highest BCUT2D eigenvalue weighted by Gasteiger charge is 2.15. The van der Waals surface area contributed by atoms with Crippen LogP contribution in [0.2, 0.25) is 0 Å². The molecule has 1 N–H and O–H groups in total. The van der Waals surface area contributed by atoms with Crippen LogP contribution in [0.4, 0.5) is 0 Å². The lowest BCUT2D eigenvalue weighted by Crippen LogP contribution is -2.19. The van der Waals surface area contributed by atoms with Crippen molar-refractivity contribution in [2.24, 2.45) is 0 Å². The number of hydrogen-bond donors (Lipinski definition) is 1. The van der Waals surface area contributed by atoms with Crippen LogP contribution in [-0.2, 0) is 0 Å². The van der Waals surface area contributed by atoms with Crippen molar-refractivity contribution in [1.29, 1.82) is 0 Å². The van der Waals surface area contributed by atoms with Crippen molar-refractivity contribution in [2.75, 3.05) is 7.05 Å². The van der Waals surface area contributed by atoms with Crippen LogP contribution in [0.1, 0.15) is 22.7 Å². The molecule has 1 nitrogen and oxygen atoms in total. The second-order valence-corrected chi connectivity index (χ2v) is 5.26. The van der Waals surface area contributed by atoms with Gasteiger partial charge in [0, 0.05) is 3.57 Å². The maximum atomic E-state index is 3.41. The van der Waals surface area contributed by atoms with Crippen LogP contribution < -0.4 is 5.32 Å². The summed E-state index contributed by atoms with van der Waals surface area (Å²) in [5.74, 6) is 0. The van der Waals surface area contributed by atoms with Gasteiger partial charge in [0.05, 0.1) is 6.04 Å². The summed E-state index contributed by atoms with van der Waals surface area (Å²) in [6, 6.07) is 17.3. The first-order valence-electron chi connectivity index (χ1n) is 5.71. The third-order valence-electron chi connectivity index (χ3n) is 3.00. The third kappa shape index (κ3) is 2.69. The number of nitrogens with one attached hydrogen (secondary N) is 1. The number of halogens is 1. The molecular formula is C15H16IN. The zero-order chi connectivity index (χ0) is 12.3. The van der Waals surface area contributed by atoms with Crippen LogP contribution in [0, 0.1) is 10.5 Å². The van der Waals surface area contributed by atoms with E-state index in [0.717, 1.165) is 0 Å². The van der Waals surface area contributed by atoms with Crippen molar-refractivity contribution in [3.63, 3.8) is 0 Å². The molecule has 0 amide bonds. The van der Waals surface area contributed by atoms with E-state index in [1.54, 1.807) is 0 Å². The highest BCUT2D eigenvalue weighted by atomic mass is 127. The number of benzene rings is 2. The Morgan fingerprint density at radius 3 is 2.12 bits per heavy atom. The van der Waals surface area contributed by atoms with E-state index >= 15 is 0 Å². The average molecular weight is 337 g/mol. The first kappa shape index (κ1) is 12.6. The van der Waals surface area contributed by atoms with Crippen LogP contribution in [0.15, 0.2) is 48.5 Å². The summed E-state index contributed by atoms with van der Waals surface area (Å²) >= 11 is 2.40. The van der Waals surface area contributed by atoms with Crippen molar-refractivity contribution >= 4 is 22.6 Å². The van der Waals surface area contributed by atoms with Crippen LogP contribution in [0.25, 0.3) is 0 Å². The minimum absolute atomic E-state index is 0.268. The smallest absolute Gasteiger partial charge is 0.0587 e. The summed E-state index contributed by atoms with van der Waals surface area (Å²) in [5.41, 5.74) is 4.01. The SMILES string of the molecule is CNC(c1ccccc1C)c1ccccc1I.